The molecule has 1 aromatic heterocycles. The third-order valence-corrected chi connectivity index (χ3v) is 1.11. The van der Waals surface area contributed by atoms with Crippen molar-refractivity contribution in [3.8, 4) is 0 Å². The molecule has 0 amide bonds. The van der Waals surface area contributed by atoms with Crippen LogP contribution >= 0.6 is 0 Å². The maximum Gasteiger partial charge on any atom is 0.196 e. The summed E-state index contributed by atoms with van der Waals surface area (Å²) in [6, 6.07) is 0. The molecule has 8 heavy (non-hydrogen) atoms. The van der Waals surface area contributed by atoms with Crippen LogP contribution in [0, 0.1) is 0 Å². The molecule has 2 nitrogen and oxygen atoms in total. The molecule has 0 aromatic carbocycles. The zero-order valence-corrected chi connectivity index (χ0v) is 5.18. The van der Waals surface area contributed by atoms with Crippen molar-refractivity contribution < 1.29 is 0 Å². The molecule has 0 aliphatic heterocycles. The van der Waals surface area contributed by atoms with Gasteiger partial charge in [-0.05, 0) is 0 Å². The average molecular weight is 108 g/mol. The van der Waals surface area contributed by atoms with E-state index in [1.165, 1.54) is 0 Å². The molecule has 0 atom stereocenters. The lowest BCUT2D eigenvalue weighted by Gasteiger charge is -1.89. The molecule has 3 heteroatoms. The third kappa shape index (κ3) is 0.913. The Morgan fingerprint density at radius 1 is 1.62 bits per heavy atom. The Hall–Kier alpha value is -0.725. The molecule has 0 saturated heterocycles. The van der Waals surface area contributed by atoms with E-state index in [-0.39, 0.29) is 0 Å². The molecule has 0 radical (unpaired) electrons. The number of nitrogens with zero attached hydrogens (tertiary/aromatic N) is 1. The fourth-order valence-corrected chi connectivity index (χ4v) is 0.587. The van der Waals surface area contributed by atoms with Crippen LogP contribution in [0.4, 0.5) is 0 Å². The monoisotopic (exact) mass is 108 g/mol. The Balaban J connectivity index is 2.77. The summed E-state index contributed by atoms with van der Waals surface area (Å²) in [6.07, 6.45) is 3.62. The second kappa shape index (κ2) is 2.03. The average Bonchev–Trinajstić information content (AvgIpc) is 2.12. The van der Waals surface area contributed by atoms with Crippen molar-refractivity contribution in [2.45, 2.75) is 13.6 Å². The van der Waals surface area contributed by atoms with Gasteiger partial charge in [0.05, 0.1) is 6.33 Å². The maximum atomic E-state index is 4.06. The molecule has 1 rings (SSSR count). The minimum atomic E-state index is 0.543. The van der Waals surface area contributed by atoms with Crippen molar-refractivity contribution in [1.29, 1.82) is 0 Å². The van der Waals surface area contributed by atoms with Crippen molar-refractivity contribution >= 4 is 12.3 Å². The molecule has 0 fully saturated rings. The van der Waals surface area contributed by atoms with Gasteiger partial charge in [-0.25, -0.2) is 0 Å². The molecule has 0 spiro atoms. The van der Waals surface area contributed by atoms with Gasteiger partial charge in [-0.1, -0.05) is 13.6 Å². The Labute approximate surface area is 49.4 Å². The van der Waals surface area contributed by atoms with Gasteiger partial charge in [0.1, 0.15) is 0 Å². The maximum absolute atomic E-state index is 4.06. The van der Waals surface area contributed by atoms with E-state index in [0.717, 1.165) is 5.59 Å². The minimum absolute atomic E-state index is 0.543. The standard InChI is InChI=1S/C5H9BN2/c1-6(2)5-3-7-4-8-5/h3-4H,1-2H3,(H,7,8). The van der Waals surface area contributed by atoms with Crippen LogP contribution in [0.3, 0.4) is 0 Å². The molecule has 0 bridgehead atoms. The van der Waals surface area contributed by atoms with Gasteiger partial charge in [-0.2, -0.15) is 0 Å². The van der Waals surface area contributed by atoms with E-state index in [1.807, 2.05) is 6.20 Å². The minimum Gasteiger partial charge on any atom is -0.352 e. The van der Waals surface area contributed by atoms with Crippen molar-refractivity contribution in [1.82, 2.24) is 9.97 Å². The Kier molecular flexibility index (Phi) is 1.37. The molecular weight excluding hydrogens is 98.9 g/mol. The lowest BCUT2D eigenvalue weighted by Crippen LogP contribution is -2.22. The second-order valence-corrected chi connectivity index (χ2v) is 2.15. The van der Waals surface area contributed by atoms with Crippen molar-refractivity contribution in [2.24, 2.45) is 0 Å². The van der Waals surface area contributed by atoms with Crippen LogP contribution in [0.15, 0.2) is 12.5 Å². The first kappa shape index (κ1) is 5.41. The Bertz CT molecular complexity index is 145. The molecule has 1 aromatic rings. The molecule has 42 valence electrons. The molecular formula is C5H9BN2. The summed E-state index contributed by atoms with van der Waals surface area (Å²) < 4.78 is 0. The summed E-state index contributed by atoms with van der Waals surface area (Å²) >= 11 is 0. The smallest absolute Gasteiger partial charge is 0.196 e. The first-order valence-electron chi connectivity index (χ1n) is 2.79. The predicted octanol–water partition coefficient (Wildman–Crippen LogP) is 0.371. The van der Waals surface area contributed by atoms with Crippen LogP contribution in [0.5, 0.6) is 0 Å². The predicted molar refractivity (Wildman–Crippen MR) is 35.7 cm³/mol. The Morgan fingerprint density at radius 3 is 2.62 bits per heavy atom. The normalized spacial score (nSPS) is 9.25. The van der Waals surface area contributed by atoms with Crippen LogP contribution in [-0.4, -0.2) is 16.7 Å². The highest BCUT2D eigenvalue weighted by Crippen LogP contribution is 1.77. The van der Waals surface area contributed by atoms with E-state index in [0.29, 0.717) is 6.71 Å². The van der Waals surface area contributed by atoms with Gasteiger partial charge in [-0.3, -0.25) is 4.98 Å². The molecule has 0 aliphatic carbocycles. The number of hydrogen-bond acceptors (Lipinski definition) is 1. The summed E-state index contributed by atoms with van der Waals surface area (Å²) in [5.41, 5.74) is 1.13. The number of imidazole rings is 1. The highest BCUT2D eigenvalue weighted by Gasteiger charge is 2.01. The van der Waals surface area contributed by atoms with Gasteiger partial charge in [0.2, 0.25) is 0 Å². The number of nitrogens with one attached hydrogen (secondary N) is 1. The SMILES string of the molecule is CB(C)c1c[nH]cn1. The third-order valence-electron chi connectivity index (χ3n) is 1.11. The number of rotatable bonds is 1. The topological polar surface area (TPSA) is 28.7 Å². The molecule has 1 heterocycles. The largest absolute Gasteiger partial charge is 0.352 e. The van der Waals surface area contributed by atoms with E-state index in [2.05, 4.69) is 23.6 Å². The first-order valence-corrected chi connectivity index (χ1v) is 2.79. The first-order chi connectivity index (χ1) is 3.80. The van der Waals surface area contributed by atoms with Gasteiger partial charge in [0.15, 0.2) is 6.71 Å². The summed E-state index contributed by atoms with van der Waals surface area (Å²) in [4.78, 5) is 6.96. The second-order valence-electron chi connectivity index (χ2n) is 2.15. The summed E-state index contributed by atoms with van der Waals surface area (Å²) in [5, 5.41) is 0. The van der Waals surface area contributed by atoms with E-state index in [9.17, 15) is 0 Å². The summed E-state index contributed by atoms with van der Waals surface area (Å²) in [5.74, 6) is 0. The highest BCUT2D eigenvalue weighted by atomic mass is 14.8. The van der Waals surface area contributed by atoms with E-state index in [4.69, 9.17) is 0 Å². The zero-order valence-electron chi connectivity index (χ0n) is 5.18. The quantitative estimate of drug-likeness (QED) is 0.517. The van der Waals surface area contributed by atoms with Gasteiger partial charge < -0.3 is 4.98 Å². The van der Waals surface area contributed by atoms with Crippen molar-refractivity contribution in [2.75, 3.05) is 0 Å². The molecule has 0 unspecified atom stereocenters. The van der Waals surface area contributed by atoms with E-state index < -0.39 is 0 Å². The van der Waals surface area contributed by atoms with Gasteiger partial charge in [-0.15, -0.1) is 0 Å². The number of aromatic amines is 1. The zero-order chi connectivity index (χ0) is 5.98. The van der Waals surface area contributed by atoms with Crippen LogP contribution in [0.25, 0.3) is 0 Å². The molecule has 1 N–H and O–H groups in total. The number of aromatic nitrogens is 2. The fourth-order valence-electron chi connectivity index (χ4n) is 0.587. The van der Waals surface area contributed by atoms with Crippen molar-refractivity contribution in [3.05, 3.63) is 12.5 Å². The van der Waals surface area contributed by atoms with Crippen LogP contribution in [0.2, 0.25) is 13.6 Å². The van der Waals surface area contributed by atoms with Crippen molar-refractivity contribution in [3.63, 3.8) is 0 Å². The van der Waals surface area contributed by atoms with Gasteiger partial charge in [0.25, 0.3) is 0 Å². The van der Waals surface area contributed by atoms with Crippen LogP contribution in [0.1, 0.15) is 0 Å². The number of hydrogen-bond donors (Lipinski definition) is 1. The van der Waals surface area contributed by atoms with E-state index >= 15 is 0 Å². The number of H-pyrrole nitrogens is 1. The molecule has 0 aliphatic rings. The van der Waals surface area contributed by atoms with Gasteiger partial charge in [0, 0.05) is 11.8 Å². The lowest BCUT2D eigenvalue weighted by atomic mass is 9.52. The highest BCUT2D eigenvalue weighted by molar-refractivity contribution is 6.69. The van der Waals surface area contributed by atoms with Crippen LogP contribution < -0.4 is 5.59 Å². The lowest BCUT2D eigenvalue weighted by molar-refractivity contribution is 1.32. The van der Waals surface area contributed by atoms with Gasteiger partial charge >= 0.3 is 0 Å². The summed E-state index contributed by atoms with van der Waals surface area (Å²) in [6.45, 7) is 4.79. The Morgan fingerprint density at radius 2 is 2.38 bits per heavy atom. The van der Waals surface area contributed by atoms with Crippen LogP contribution in [-0.2, 0) is 0 Å². The van der Waals surface area contributed by atoms with E-state index in [1.54, 1.807) is 6.33 Å². The fraction of sp³-hybridized carbons (Fsp3) is 0.400. The molecule has 0 saturated carbocycles. The summed E-state index contributed by atoms with van der Waals surface area (Å²) in [7, 11) is 0.